The predicted molar refractivity (Wildman–Crippen MR) is 71.5 cm³/mol. The molecular formula is C11H7ClN6O3. The number of hydrogen-bond acceptors (Lipinski definition) is 6. The van der Waals surface area contributed by atoms with E-state index < -0.39 is 10.8 Å². The highest BCUT2D eigenvalue weighted by Gasteiger charge is 2.16. The van der Waals surface area contributed by atoms with E-state index in [9.17, 15) is 14.9 Å². The largest absolute Gasteiger partial charge is 0.319 e. The number of nitro benzene ring substituents is 1. The Hall–Kier alpha value is -2.99. The fourth-order valence-electron chi connectivity index (χ4n) is 1.52. The summed E-state index contributed by atoms with van der Waals surface area (Å²) < 4.78 is 1.15. The number of hydrogen-bond donors (Lipinski definition) is 1. The predicted octanol–water partition coefficient (Wildman–Crippen LogP) is 1.35. The van der Waals surface area contributed by atoms with Gasteiger partial charge in [-0.05, 0) is 12.1 Å². The number of carbonyl (C=O) groups is 1. The number of rotatable bonds is 4. The van der Waals surface area contributed by atoms with E-state index in [1.54, 1.807) is 6.07 Å². The highest BCUT2D eigenvalue weighted by Crippen LogP contribution is 2.27. The van der Waals surface area contributed by atoms with Gasteiger partial charge in [0.2, 0.25) is 5.91 Å². The van der Waals surface area contributed by atoms with Crippen molar-refractivity contribution >= 4 is 28.9 Å². The Balaban J connectivity index is 2.13. The molecular weight excluding hydrogens is 300 g/mol. The Labute approximate surface area is 122 Å². The molecule has 9 nitrogen and oxygen atoms in total. The number of nitrogens with zero attached hydrogens (tertiary/aromatic N) is 5. The summed E-state index contributed by atoms with van der Waals surface area (Å²) in [6.07, 6.45) is 1.22. The van der Waals surface area contributed by atoms with Gasteiger partial charge in [0, 0.05) is 11.1 Å². The van der Waals surface area contributed by atoms with E-state index in [1.165, 1.54) is 18.5 Å². The molecule has 0 aliphatic heterocycles. The first-order chi connectivity index (χ1) is 9.99. The molecule has 0 unspecified atom stereocenters. The Morgan fingerprint density at radius 1 is 1.57 bits per heavy atom. The maximum Gasteiger partial charge on any atom is 0.294 e. The zero-order valence-corrected chi connectivity index (χ0v) is 11.1. The summed E-state index contributed by atoms with van der Waals surface area (Å²) in [5.74, 6) is -0.616. The van der Waals surface area contributed by atoms with Gasteiger partial charge in [-0.1, -0.05) is 11.6 Å². The van der Waals surface area contributed by atoms with Crippen LogP contribution in [0.4, 0.5) is 11.4 Å². The minimum atomic E-state index is -0.648. The van der Waals surface area contributed by atoms with Crippen LogP contribution in [0.25, 0.3) is 0 Å². The number of nitriles is 1. The van der Waals surface area contributed by atoms with Gasteiger partial charge in [-0.2, -0.15) is 5.26 Å². The molecule has 21 heavy (non-hydrogen) atoms. The van der Waals surface area contributed by atoms with Gasteiger partial charge < -0.3 is 5.32 Å². The number of halogens is 1. The monoisotopic (exact) mass is 306 g/mol. The van der Waals surface area contributed by atoms with Crippen molar-refractivity contribution in [2.75, 3.05) is 5.32 Å². The van der Waals surface area contributed by atoms with E-state index >= 15 is 0 Å². The third-order valence-corrected chi connectivity index (χ3v) is 2.61. The average molecular weight is 307 g/mol. The van der Waals surface area contributed by atoms with E-state index in [2.05, 4.69) is 15.4 Å². The van der Waals surface area contributed by atoms with Gasteiger partial charge in [0.25, 0.3) is 11.5 Å². The summed E-state index contributed by atoms with van der Waals surface area (Å²) in [6.45, 7) is -0.228. The Morgan fingerprint density at radius 2 is 2.33 bits per heavy atom. The first-order valence-electron chi connectivity index (χ1n) is 5.53. The number of aromatic nitrogens is 3. The second-order valence-electron chi connectivity index (χ2n) is 3.84. The van der Waals surface area contributed by atoms with Crippen molar-refractivity contribution in [2.24, 2.45) is 0 Å². The van der Waals surface area contributed by atoms with Crippen LogP contribution in [-0.4, -0.2) is 25.6 Å². The Bertz CT molecular complexity index is 751. The topological polar surface area (TPSA) is 127 Å². The molecule has 1 heterocycles. The van der Waals surface area contributed by atoms with Crippen molar-refractivity contribution in [1.29, 1.82) is 5.26 Å². The number of benzene rings is 1. The molecule has 2 aromatic rings. The second kappa shape index (κ2) is 5.98. The van der Waals surface area contributed by atoms with Crippen molar-refractivity contribution in [3.8, 4) is 6.07 Å². The minimum absolute atomic E-state index is 0.0232. The van der Waals surface area contributed by atoms with E-state index in [-0.39, 0.29) is 28.8 Å². The van der Waals surface area contributed by atoms with Crippen LogP contribution >= 0.6 is 11.6 Å². The average Bonchev–Trinajstić information content (AvgIpc) is 2.88. The lowest BCUT2D eigenvalue weighted by molar-refractivity contribution is -0.383. The highest BCUT2D eigenvalue weighted by atomic mass is 35.5. The fraction of sp³-hybridized carbons (Fsp3) is 0.0909. The Morgan fingerprint density at radius 3 is 2.95 bits per heavy atom. The third-order valence-electron chi connectivity index (χ3n) is 2.37. The number of carbonyl (C=O) groups excluding carboxylic acids is 1. The summed E-state index contributed by atoms with van der Waals surface area (Å²) >= 11 is 5.68. The molecule has 1 aromatic heterocycles. The number of nitro groups is 1. The van der Waals surface area contributed by atoms with Crippen molar-refractivity contribution in [3.63, 3.8) is 0 Å². The van der Waals surface area contributed by atoms with E-state index in [0.717, 1.165) is 10.7 Å². The molecule has 0 saturated heterocycles. The molecule has 1 N–H and O–H groups in total. The summed E-state index contributed by atoms with van der Waals surface area (Å²) in [6, 6.07) is 5.62. The molecule has 0 bridgehead atoms. The van der Waals surface area contributed by atoms with Gasteiger partial charge in [0.1, 0.15) is 24.6 Å². The van der Waals surface area contributed by atoms with E-state index in [1.807, 2.05) is 0 Å². The molecule has 106 valence electrons. The summed E-state index contributed by atoms with van der Waals surface area (Å²) in [5.41, 5.74) is -0.290. The molecule has 0 atom stereocenters. The maximum atomic E-state index is 11.8. The van der Waals surface area contributed by atoms with Crippen molar-refractivity contribution in [3.05, 3.63) is 45.5 Å². The van der Waals surface area contributed by atoms with Crippen molar-refractivity contribution in [2.45, 2.75) is 6.54 Å². The first-order valence-corrected chi connectivity index (χ1v) is 5.90. The number of anilines is 1. The summed E-state index contributed by atoms with van der Waals surface area (Å²) in [5, 5.41) is 25.7. The van der Waals surface area contributed by atoms with Gasteiger partial charge in [-0.3, -0.25) is 14.9 Å². The molecule has 0 saturated carbocycles. The SMILES string of the molecule is N#Cc1ncn(CC(=O)Nc2ccc(Cl)cc2[N+](=O)[O-])n1. The maximum absolute atomic E-state index is 11.8. The van der Waals surface area contributed by atoms with Crippen LogP contribution < -0.4 is 5.32 Å². The van der Waals surface area contributed by atoms with Crippen molar-refractivity contribution < 1.29 is 9.72 Å². The molecule has 0 fully saturated rings. The first kappa shape index (κ1) is 14.4. The van der Waals surface area contributed by atoms with Crippen LogP contribution in [0.5, 0.6) is 0 Å². The van der Waals surface area contributed by atoms with Crippen molar-refractivity contribution in [1.82, 2.24) is 14.8 Å². The quantitative estimate of drug-likeness (QED) is 0.671. The molecule has 0 aliphatic carbocycles. The van der Waals surface area contributed by atoms with Crippen LogP contribution in [0.2, 0.25) is 5.02 Å². The molecule has 0 spiro atoms. The van der Waals surface area contributed by atoms with Gasteiger partial charge >= 0.3 is 0 Å². The van der Waals surface area contributed by atoms with Crippen LogP contribution in [0, 0.1) is 21.4 Å². The lowest BCUT2D eigenvalue weighted by Crippen LogP contribution is -2.19. The molecule has 1 aromatic carbocycles. The van der Waals surface area contributed by atoms with Crippen LogP contribution in [0.3, 0.4) is 0 Å². The molecule has 0 radical (unpaired) electrons. The van der Waals surface area contributed by atoms with Gasteiger partial charge in [0.05, 0.1) is 4.92 Å². The van der Waals surface area contributed by atoms with E-state index in [4.69, 9.17) is 16.9 Å². The molecule has 0 aliphatic rings. The smallest absolute Gasteiger partial charge is 0.294 e. The van der Waals surface area contributed by atoms with Gasteiger partial charge in [-0.25, -0.2) is 9.67 Å². The molecule has 10 heteroatoms. The van der Waals surface area contributed by atoms with E-state index in [0.29, 0.717) is 0 Å². The Kier molecular flexibility index (Phi) is 4.10. The number of nitrogens with one attached hydrogen (secondary N) is 1. The molecule has 1 amide bonds. The van der Waals surface area contributed by atoms with Crippen LogP contribution in [0.15, 0.2) is 24.5 Å². The second-order valence-corrected chi connectivity index (χ2v) is 4.28. The third kappa shape index (κ3) is 3.52. The normalized spacial score (nSPS) is 9.90. The lowest BCUT2D eigenvalue weighted by atomic mass is 10.2. The highest BCUT2D eigenvalue weighted by molar-refractivity contribution is 6.31. The van der Waals surface area contributed by atoms with Gasteiger partial charge in [0.15, 0.2) is 0 Å². The zero-order valence-electron chi connectivity index (χ0n) is 10.4. The lowest BCUT2D eigenvalue weighted by Gasteiger charge is -2.06. The fourth-order valence-corrected chi connectivity index (χ4v) is 1.69. The summed E-state index contributed by atoms with van der Waals surface area (Å²) in [7, 11) is 0. The zero-order chi connectivity index (χ0) is 15.4. The number of amides is 1. The standard InChI is InChI=1S/C11H7ClN6O3/c12-7-1-2-8(9(3-7)18(20)21)15-11(19)5-17-6-14-10(4-13)16-17/h1-3,6H,5H2,(H,15,19). The van der Waals surface area contributed by atoms with Crippen LogP contribution in [-0.2, 0) is 11.3 Å². The summed E-state index contributed by atoms with van der Waals surface area (Å²) in [4.78, 5) is 25.7. The minimum Gasteiger partial charge on any atom is -0.319 e. The molecule has 2 rings (SSSR count). The van der Waals surface area contributed by atoms with Gasteiger partial charge in [-0.15, -0.1) is 5.10 Å². The van der Waals surface area contributed by atoms with Crippen LogP contribution in [0.1, 0.15) is 5.82 Å².